The van der Waals surface area contributed by atoms with Gasteiger partial charge >= 0.3 is 12.0 Å². The van der Waals surface area contributed by atoms with Gasteiger partial charge in [0.25, 0.3) is 5.91 Å². The zero-order valence-electron chi connectivity index (χ0n) is 21.0. The molecule has 0 bridgehead atoms. The van der Waals surface area contributed by atoms with Gasteiger partial charge in [0.15, 0.2) is 18.1 Å². The van der Waals surface area contributed by atoms with Gasteiger partial charge in [-0.1, -0.05) is 23.8 Å². The second-order valence-electron chi connectivity index (χ2n) is 8.09. The summed E-state index contributed by atoms with van der Waals surface area (Å²) in [5, 5.41) is 5.18. The Morgan fingerprint density at radius 3 is 2.51 bits per heavy atom. The van der Waals surface area contributed by atoms with Gasteiger partial charge in [0.1, 0.15) is 12.2 Å². The van der Waals surface area contributed by atoms with E-state index < -0.39 is 30.4 Å². The van der Waals surface area contributed by atoms with Gasteiger partial charge in [-0.3, -0.25) is 9.59 Å². The van der Waals surface area contributed by atoms with Crippen LogP contribution in [0.15, 0.2) is 54.8 Å². The second-order valence-corrected chi connectivity index (χ2v) is 8.09. The molecule has 10 heteroatoms. The maximum absolute atomic E-state index is 12.9. The molecule has 2 aromatic carbocycles. The first-order chi connectivity index (χ1) is 17.7. The highest BCUT2D eigenvalue weighted by atomic mass is 16.6. The Hall–Kier alpha value is -4.60. The number of benzene rings is 2. The highest BCUT2D eigenvalue weighted by Crippen LogP contribution is 2.35. The number of rotatable bonds is 11. The molecule has 0 spiro atoms. The average molecular weight is 508 g/mol. The molecule has 0 radical (unpaired) electrons. The molecule has 0 saturated carbocycles. The first-order valence-corrected chi connectivity index (χ1v) is 11.6. The van der Waals surface area contributed by atoms with E-state index in [0.717, 1.165) is 10.5 Å². The summed E-state index contributed by atoms with van der Waals surface area (Å²) >= 11 is 0. The minimum Gasteiger partial charge on any atom is -0.490 e. The first kappa shape index (κ1) is 27.0. The predicted octanol–water partition coefficient (Wildman–Crippen LogP) is 3.21. The van der Waals surface area contributed by atoms with Crippen LogP contribution in [0, 0.1) is 6.92 Å². The zero-order valence-corrected chi connectivity index (χ0v) is 21.0. The summed E-state index contributed by atoms with van der Waals surface area (Å²) in [5.41, 5.74) is 2.80. The van der Waals surface area contributed by atoms with E-state index in [4.69, 9.17) is 9.47 Å². The number of amides is 4. The van der Waals surface area contributed by atoms with E-state index in [-0.39, 0.29) is 12.3 Å². The Labute approximate surface area is 214 Å². The molecule has 0 aliphatic carbocycles. The summed E-state index contributed by atoms with van der Waals surface area (Å²) in [6.07, 6.45) is 3.53. The second kappa shape index (κ2) is 12.4. The Balaban J connectivity index is 1.82. The number of imide groups is 1. The van der Waals surface area contributed by atoms with E-state index in [1.165, 1.54) is 13.2 Å². The summed E-state index contributed by atoms with van der Waals surface area (Å²) in [7, 11) is 1.26. The van der Waals surface area contributed by atoms with Gasteiger partial charge in [-0.15, -0.1) is 6.58 Å². The van der Waals surface area contributed by atoms with Crippen molar-refractivity contribution in [2.24, 2.45) is 0 Å². The number of carbonyl (C=O) groups excluding carboxylic acids is 4. The largest absolute Gasteiger partial charge is 0.490 e. The van der Waals surface area contributed by atoms with Gasteiger partial charge in [-0.05, 0) is 56.2 Å². The van der Waals surface area contributed by atoms with Gasteiger partial charge in [-0.25, -0.2) is 14.5 Å². The molecule has 194 valence electrons. The minimum absolute atomic E-state index is 0.00312. The molecular formula is C27H29N3O7. The van der Waals surface area contributed by atoms with Crippen molar-refractivity contribution in [1.82, 2.24) is 10.2 Å². The van der Waals surface area contributed by atoms with Gasteiger partial charge in [0.05, 0.1) is 13.7 Å². The molecule has 1 heterocycles. The van der Waals surface area contributed by atoms with Crippen molar-refractivity contribution in [3.8, 4) is 11.5 Å². The number of ether oxygens (including phenoxy) is 3. The lowest BCUT2D eigenvalue weighted by Gasteiger charge is -2.16. The number of anilines is 1. The van der Waals surface area contributed by atoms with Crippen LogP contribution in [0.3, 0.4) is 0 Å². The van der Waals surface area contributed by atoms with Crippen molar-refractivity contribution in [3.05, 3.63) is 71.4 Å². The standard InChI is InChI=1S/C27H29N3O7/c1-5-7-19-12-18(14-22(36-6-2)25(19)37-16-24(32)35-4)13-21-26(33)30(27(34)29-21)15-23(31)28-20-10-8-17(3)9-11-20/h5,8-14H,1,6-7,15-16H2,2-4H3,(H,28,31)(H,29,34)/b21-13+. The Kier molecular flexibility index (Phi) is 9.04. The molecule has 4 amide bonds. The number of nitrogens with one attached hydrogen (secondary N) is 2. The number of aryl methyl sites for hydroxylation is 1. The molecule has 1 aliphatic heterocycles. The fourth-order valence-electron chi connectivity index (χ4n) is 3.55. The van der Waals surface area contributed by atoms with Crippen LogP contribution in [0.4, 0.5) is 10.5 Å². The molecule has 2 aromatic rings. The summed E-state index contributed by atoms with van der Waals surface area (Å²) in [4.78, 5) is 50.2. The number of carbonyl (C=O) groups is 4. The van der Waals surface area contributed by atoms with E-state index in [1.54, 1.807) is 37.3 Å². The van der Waals surface area contributed by atoms with Crippen LogP contribution in [0.2, 0.25) is 0 Å². The van der Waals surface area contributed by atoms with Gasteiger partial charge in [-0.2, -0.15) is 0 Å². The minimum atomic E-state index is -0.704. The quantitative estimate of drug-likeness (QED) is 0.207. The maximum Gasteiger partial charge on any atom is 0.343 e. The lowest BCUT2D eigenvalue weighted by molar-refractivity contribution is -0.143. The third-order valence-corrected chi connectivity index (χ3v) is 5.29. The fourth-order valence-corrected chi connectivity index (χ4v) is 3.55. The van der Waals surface area contributed by atoms with Crippen LogP contribution in [-0.4, -0.2) is 55.6 Å². The SMILES string of the molecule is C=CCc1cc(/C=C2/NC(=O)N(CC(=O)Nc3ccc(C)cc3)C2=O)cc(OCC)c1OCC(=O)OC. The molecule has 2 N–H and O–H groups in total. The summed E-state index contributed by atoms with van der Waals surface area (Å²) in [6.45, 7) is 7.04. The van der Waals surface area contributed by atoms with E-state index in [9.17, 15) is 19.2 Å². The highest BCUT2D eigenvalue weighted by Gasteiger charge is 2.35. The Morgan fingerprint density at radius 1 is 1.14 bits per heavy atom. The first-order valence-electron chi connectivity index (χ1n) is 11.6. The number of esters is 1. The molecule has 3 rings (SSSR count). The van der Waals surface area contributed by atoms with Crippen molar-refractivity contribution in [2.45, 2.75) is 20.3 Å². The number of hydrogen-bond donors (Lipinski definition) is 2. The number of nitrogens with zero attached hydrogens (tertiary/aromatic N) is 1. The molecule has 0 atom stereocenters. The topological polar surface area (TPSA) is 123 Å². The van der Waals surface area contributed by atoms with Crippen LogP contribution >= 0.6 is 0 Å². The van der Waals surface area contributed by atoms with E-state index in [2.05, 4.69) is 21.9 Å². The highest BCUT2D eigenvalue weighted by molar-refractivity contribution is 6.16. The number of urea groups is 1. The van der Waals surface area contributed by atoms with E-state index >= 15 is 0 Å². The average Bonchev–Trinajstić information content (AvgIpc) is 3.12. The zero-order chi connectivity index (χ0) is 26.9. The third kappa shape index (κ3) is 6.97. The lowest BCUT2D eigenvalue weighted by atomic mass is 10.0. The van der Waals surface area contributed by atoms with Crippen molar-refractivity contribution >= 4 is 35.6 Å². The molecule has 1 saturated heterocycles. The Bertz CT molecular complexity index is 1240. The van der Waals surface area contributed by atoms with Crippen molar-refractivity contribution < 1.29 is 33.4 Å². The molecular weight excluding hydrogens is 478 g/mol. The molecule has 1 aliphatic rings. The predicted molar refractivity (Wildman–Crippen MR) is 137 cm³/mol. The molecule has 0 aromatic heterocycles. The van der Waals surface area contributed by atoms with Crippen LogP contribution in [0.25, 0.3) is 6.08 Å². The van der Waals surface area contributed by atoms with Crippen molar-refractivity contribution in [2.75, 3.05) is 32.2 Å². The van der Waals surface area contributed by atoms with E-state index in [0.29, 0.717) is 41.3 Å². The lowest BCUT2D eigenvalue weighted by Crippen LogP contribution is -2.38. The molecule has 0 unspecified atom stereocenters. The number of hydrogen-bond acceptors (Lipinski definition) is 7. The molecule has 1 fully saturated rings. The van der Waals surface area contributed by atoms with Crippen molar-refractivity contribution in [1.29, 1.82) is 0 Å². The maximum atomic E-state index is 12.9. The number of allylic oxidation sites excluding steroid dienone is 1. The van der Waals surface area contributed by atoms with Gasteiger partial charge in [0.2, 0.25) is 5.91 Å². The normalized spacial score (nSPS) is 13.8. The van der Waals surface area contributed by atoms with Crippen LogP contribution in [0.1, 0.15) is 23.6 Å². The number of methoxy groups -OCH3 is 1. The van der Waals surface area contributed by atoms with Gasteiger partial charge < -0.3 is 24.8 Å². The van der Waals surface area contributed by atoms with Crippen LogP contribution in [0.5, 0.6) is 11.5 Å². The van der Waals surface area contributed by atoms with Crippen LogP contribution in [-0.2, 0) is 25.5 Å². The summed E-state index contributed by atoms with van der Waals surface area (Å²) in [6, 6.07) is 9.81. The van der Waals surface area contributed by atoms with Crippen molar-refractivity contribution in [3.63, 3.8) is 0 Å². The summed E-state index contributed by atoms with van der Waals surface area (Å²) in [5.74, 6) is -0.996. The monoisotopic (exact) mass is 507 g/mol. The van der Waals surface area contributed by atoms with E-state index in [1.807, 2.05) is 19.1 Å². The van der Waals surface area contributed by atoms with Gasteiger partial charge in [0, 0.05) is 11.3 Å². The molecule has 10 nitrogen and oxygen atoms in total. The molecule has 37 heavy (non-hydrogen) atoms. The van der Waals surface area contributed by atoms with Crippen LogP contribution < -0.4 is 20.1 Å². The smallest absolute Gasteiger partial charge is 0.343 e. The summed E-state index contributed by atoms with van der Waals surface area (Å²) < 4.78 is 16.0. The Morgan fingerprint density at radius 2 is 1.86 bits per heavy atom. The fraction of sp³-hybridized carbons (Fsp3) is 0.259. The third-order valence-electron chi connectivity index (χ3n) is 5.29.